The van der Waals surface area contributed by atoms with E-state index in [1.54, 1.807) is 0 Å². The average Bonchev–Trinajstić information content (AvgIpc) is 1.78. The van der Waals surface area contributed by atoms with Crippen LogP contribution < -0.4 is 0 Å². The highest BCUT2D eigenvalue weighted by Crippen LogP contribution is 2.15. The predicted octanol–water partition coefficient (Wildman–Crippen LogP) is 1.19. The summed E-state index contributed by atoms with van der Waals surface area (Å²) in [7, 11) is 0. The van der Waals surface area contributed by atoms with Crippen LogP contribution in [0.4, 0.5) is 13.2 Å². The zero-order chi connectivity index (χ0) is 8.91. The van der Waals surface area contributed by atoms with E-state index in [4.69, 9.17) is 0 Å². The van der Waals surface area contributed by atoms with Gasteiger partial charge >= 0.3 is 6.36 Å². The molecular formula is C4H6F3NO3. The normalized spacial score (nSPS) is 11.5. The SMILES string of the molecule is O=[N+]([O-])CCCOC(F)(F)F. The van der Waals surface area contributed by atoms with Crippen LogP contribution in [0.2, 0.25) is 0 Å². The smallest absolute Gasteiger partial charge is 0.292 e. The lowest BCUT2D eigenvalue weighted by Gasteiger charge is -2.04. The second-order valence-corrected chi connectivity index (χ2v) is 1.70. The Labute approximate surface area is 60.1 Å². The molecule has 0 rings (SSSR count). The Kier molecular flexibility index (Phi) is 3.80. The molecule has 0 saturated carbocycles. The van der Waals surface area contributed by atoms with Crippen LogP contribution in [0.5, 0.6) is 0 Å². The van der Waals surface area contributed by atoms with E-state index in [-0.39, 0.29) is 6.42 Å². The summed E-state index contributed by atoms with van der Waals surface area (Å²) in [6.07, 6.45) is -4.91. The topological polar surface area (TPSA) is 52.4 Å². The van der Waals surface area contributed by atoms with Gasteiger partial charge in [0, 0.05) is 11.3 Å². The van der Waals surface area contributed by atoms with Crippen LogP contribution in [0.25, 0.3) is 0 Å². The fourth-order valence-corrected chi connectivity index (χ4v) is 0.382. The summed E-state index contributed by atoms with van der Waals surface area (Å²) >= 11 is 0. The van der Waals surface area contributed by atoms with Gasteiger partial charge in [-0.1, -0.05) is 0 Å². The highest BCUT2D eigenvalue weighted by atomic mass is 19.4. The van der Waals surface area contributed by atoms with Gasteiger partial charge < -0.3 is 0 Å². The van der Waals surface area contributed by atoms with E-state index in [0.717, 1.165) is 0 Å². The van der Waals surface area contributed by atoms with Crippen molar-refractivity contribution in [3.8, 4) is 0 Å². The van der Waals surface area contributed by atoms with Gasteiger partial charge in [0.1, 0.15) is 0 Å². The lowest BCUT2D eigenvalue weighted by molar-refractivity contribution is -0.482. The molecule has 7 heteroatoms. The molecule has 0 amide bonds. The van der Waals surface area contributed by atoms with Crippen molar-refractivity contribution in [1.29, 1.82) is 0 Å². The Morgan fingerprint density at radius 1 is 1.45 bits per heavy atom. The van der Waals surface area contributed by atoms with E-state index in [1.165, 1.54) is 0 Å². The summed E-state index contributed by atoms with van der Waals surface area (Å²) in [5, 5.41) is 9.59. The maximum absolute atomic E-state index is 11.2. The molecule has 0 unspecified atom stereocenters. The van der Waals surface area contributed by atoms with Crippen molar-refractivity contribution < 1.29 is 22.8 Å². The van der Waals surface area contributed by atoms with Crippen LogP contribution in [0.3, 0.4) is 0 Å². The van der Waals surface area contributed by atoms with Crippen molar-refractivity contribution in [2.24, 2.45) is 0 Å². The minimum absolute atomic E-state index is 0.230. The van der Waals surface area contributed by atoms with Crippen LogP contribution >= 0.6 is 0 Å². The van der Waals surface area contributed by atoms with Crippen molar-refractivity contribution in [3.63, 3.8) is 0 Å². The molecule has 66 valence electrons. The van der Waals surface area contributed by atoms with Gasteiger partial charge in [0.15, 0.2) is 0 Å². The summed E-state index contributed by atoms with van der Waals surface area (Å²) < 4.78 is 36.8. The molecule has 0 heterocycles. The molecule has 0 N–H and O–H groups in total. The summed E-state index contributed by atoms with van der Waals surface area (Å²) in [4.78, 5) is 8.90. The third kappa shape index (κ3) is 9.15. The van der Waals surface area contributed by atoms with Crippen LogP contribution in [0.1, 0.15) is 6.42 Å². The fraction of sp³-hybridized carbons (Fsp3) is 1.00. The van der Waals surface area contributed by atoms with Gasteiger partial charge in [-0.15, -0.1) is 13.2 Å². The first-order valence-electron chi connectivity index (χ1n) is 2.74. The molecule has 0 fully saturated rings. The Hall–Kier alpha value is -0.850. The standard InChI is InChI=1S/C4H6F3NO3/c5-4(6,7)11-3-1-2-8(9)10/h1-3H2. The number of alkyl halides is 3. The number of nitrogens with zero attached hydrogens (tertiary/aromatic N) is 1. The zero-order valence-corrected chi connectivity index (χ0v) is 5.43. The maximum atomic E-state index is 11.2. The monoisotopic (exact) mass is 173 g/mol. The van der Waals surface area contributed by atoms with Crippen molar-refractivity contribution in [2.45, 2.75) is 12.8 Å². The van der Waals surface area contributed by atoms with Crippen LogP contribution in [-0.4, -0.2) is 24.4 Å². The molecular weight excluding hydrogens is 167 g/mol. The summed E-state index contributed by atoms with van der Waals surface area (Å²) in [5.74, 6) is 0. The van der Waals surface area contributed by atoms with Gasteiger partial charge in [0.25, 0.3) is 0 Å². The maximum Gasteiger partial charge on any atom is 0.522 e. The van der Waals surface area contributed by atoms with E-state index in [1.807, 2.05) is 0 Å². The molecule has 11 heavy (non-hydrogen) atoms. The second-order valence-electron chi connectivity index (χ2n) is 1.70. The number of nitro groups is 1. The third-order valence-corrected chi connectivity index (χ3v) is 0.751. The van der Waals surface area contributed by atoms with Gasteiger partial charge in [-0.05, 0) is 0 Å². The molecule has 0 aliphatic rings. The van der Waals surface area contributed by atoms with Gasteiger partial charge in [0.2, 0.25) is 6.54 Å². The van der Waals surface area contributed by atoms with E-state index >= 15 is 0 Å². The van der Waals surface area contributed by atoms with Gasteiger partial charge in [0.05, 0.1) is 6.61 Å². The highest BCUT2D eigenvalue weighted by molar-refractivity contribution is 4.34. The van der Waals surface area contributed by atoms with Crippen LogP contribution in [0.15, 0.2) is 0 Å². The molecule has 4 nitrogen and oxygen atoms in total. The predicted molar refractivity (Wildman–Crippen MR) is 28.5 cm³/mol. The molecule has 0 radical (unpaired) electrons. The lowest BCUT2D eigenvalue weighted by Crippen LogP contribution is -2.16. The fourth-order valence-electron chi connectivity index (χ4n) is 0.382. The van der Waals surface area contributed by atoms with E-state index in [0.29, 0.717) is 0 Å². The molecule has 0 aliphatic heterocycles. The molecule has 0 bridgehead atoms. The lowest BCUT2D eigenvalue weighted by atomic mass is 10.5. The number of ether oxygens (including phenoxy) is 1. The number of rotatable bonds is 4. The second kappa shape index (κ2) is 4.12. The molecule has 0 aliphatic carbocycles. The molecule has 0 aromatic rings. The highest BCUT2D eigenvalue weighted by Gasteiger charge is 2.28. The van der Waals surface area contributed by atoms with Gasteiger partial charge in [-0.3, -0.25) is 14.9 Å². The van der Waals surface area contributed by atoms with Crippen molar-refractivity contribution in [1.82, 2.24) is 0 Å². The van der Waals surface area contributed by atoms with E-state index in [9.17, 15) is 23.3 Å². The Bertz CT molecular complexity index is 135. The number of halogens is 3. The molecule has 0 spiro atoms. The van der Waals surface area contributed by atoms with Crippen molar-refractivity contribution >= 4 is 0 Å². The Morgan fingerprint density at radius 2 is 2.00 bits per heavy atom. The molecule has 0 aromatic heterocycles. The zero-order valence-electron chi connectivity index (χ0n) is 5.43. The quantitative estimate of drug-likeness (QED) is 0.364. The van der Waals surface area contributed by atoms with Crippen molar-refractivity contribution in [2.75, 3.05) is 13.2 Å². The summed E-state index contributed by atoms with van der Waals surface area (Å²) in [5.41, 5.74) is 0. The minimum atomic E-state index is -4.68. The molecule has 0 atom stereocenters. The first-order chi connectivity index (χ1) is 4.92. The largest absolute Gasteiger partial charge is 0.522 e. The van der Waals surface area contributed by atoms with Gasteiger partial charge in [-0.2, -0.15) is 0 Å². The Balaban J connectivity index is 3.22. The van der Waals surface area contributed by atoms with Crippen LogP contribution in [-0.2, 0) is 4.74 Å². The van der Waals surface area contributed by atoms with Gasteiger partial charge in [-0.25, -0.2) is 0 Å². The van der Waals surface area contributed by atoms with E-state index in [2.05, 4.69) is 4.74 Å². The first-order valence-corrected chi connectivity index (χ1v) is 2.74. The first kappa shape index (κ1) is 10.2. The van der Waals surface area contributed by atoms with E-state index < -0.39 is 24.4 Å². The summed E-state index contributed by atoms with van der Waals surface area (Å²) in [6, 6.07) is 0. The summed E-state index contributed by atoms with van der Waals surface area (Å²) in [6.45, 7) is -1.17. The number of hydrogen-bond acceptors (Lipinski definition) is 3. The molecule has 0 saturated heterocycles. The minimum Gasteiger partial charge on any atom is -0.292 e. The Morgan fingerprint density at radius 3 is 2.36 bits per heavy atom. The molecule has 0 aromatic carbocycles. The number of hydrogen-bond donors (Lipinski definition) is 0. The van der Waals surface area contributed by atoms with Crippen LogP contribution in [0, 0.1) is 10.1 Å². The average molecular weight is 173 g/mol. The third-order valence-electron chi connectivity index (χ3n) is 0.751. The van der Waals surface area contributed by atoms with Crippen molar-refractivity contribution in [3.05, 3.63) is 10.1 Å².